The van der Waals surface area contributed by atoms with Gasteiger partial charge in [-0.05, 0) is 47.2 Å². The molecule has 1 aromatic rings. The van der Waals surface area contributed by atoms with Gasteiger partial charge in [-0.2, -0.15) is 5.10 Å². The molecule has 19 heavy (non-hydrogen) atoms. The Morgan fingerprint density at radius 2 is 2.21 bits per heavy atom. The molecule has 1 aliphatic carbocycles. The molecule has 2 rings (SSSR count). The van der Waals surface area contributed by atoms with E-state index in [1.165, 1.54) is 6.42 Å². The van der Waals surface area contributed by atoms with Crippen molar-refractivity contribution in [2.45, 2.75) is 45.4 Å². The first kappa shape index (κ1) is 14.7. The Hall–Kier alpha value is -0.680. The van der Waals surface area contributed by atoms with Crippen LogP contribution in [0.2, 0.25) is 0 Å². The van der Waals surface area contributed by atoms with Gasteiger partial charge in [-0.1, -0.05) is 13.3 Å². The number of aromatic nitrogens is 2. The lowest BCUT2D eigenvalue weighted by molar-refractivity contribution is -0.122. The molecule has 1 aliphatic rings. The fourth-order valence-corrected chi connectivity index (χ4v) is 3.57. The number of hydrogen-bond acceptors (Lipinski definition) is 3. The van der Waals surface area contributed by atoms with E-state index in [1.54, 1.807) is 0 Å². The Morgan fingerprint density at radius 1 is 1.53 bits per heavy atom. The zero-order valence-electron chi connectivity index (χ0n) is 11.7. The fraction of sp³-hybridized carbons (Fsp3) is 0.714. The monoisotopic (exact) mass is 327 g/mol. The molecule has 0 atom stereocenters. The molecule has 0 radical (unpaired) electrons. The van der Waals surface area contributed by atoms with Gasteiger partial charge in [-0.3, -0.25) is 9.48 Å². The van der Waals surface area contributed by atoms with Crippen molar-refractivity contribution < 1.29 is 4.79 Å². The maximum Gasteiger partial charge on any atom is 0.139 e. The molecule has 106 valence electrons. The first-order valence-electron chi connectivity index (χ1n) is 6.93. The van der Waals surface area contributed by atoms with Gasteiger partial charge < -0.3 is 5.73 Å². The van der Waals surface area contributed by atoms with Crippen LogP contribution in [0.1, 0.15) is 44.0 Å². The second kappa shape index (κ2) is 5.75. The number of aryl methyl sites for hydroxylation is 2. The third-order valence-electron chi connectivity index (χ3n) is 4.29. The number of rotatable bonds is 6. The number of carbonyl (C=O) groups is 1. The van der Waals surface area contributed by atoms with Crippen LogP contribution < -0.4 is 5.73 Å². The van der Waals surface area contributed by atoms with E-state index in [4.69, 9.17) is 5.73 Å². The molecule has 0 amide bonds. The van der Waals surface area contributed by atoms with Crippen molar-refractivity contribution in [2.24, 2.45) is 18.2 Å². The van der Waals surface area contributed by atoms with Crippen LogP contribution in [0.25, 0.3) is 0 Å². The Balaban J connectivity index is 2.05. The quantitative estimate of drug-likeness (QED) is 0.872. The van der Waals surface area contributed by atoms with Crippen LogP contribution in [-0.4, -0.2) is 22.1 Å². The summed E-state index contributed by atoms with van der Waals surface area (Å²) in [5.41, 5.74) is 7.91. The minimum Gasteiger partial charge on any atom is -0.330 e. The van der Waals surface area contributed by atoms with Gasteiger partial charge in [0.05, 0.1) is 15.9 Å². The highest BCUT2D eigenvalue weighted by Crippen LogP contribution is 2.43. The molecule has 0 bridgehead atoms. The minimum absolute atomic E-state index is 0.0930. The molecule has 0 aliphatic heterocycles. The number of ketones is 1. The standard InChI is InChI=1S/C14H22BrN3O/c1-3-11-13(15)12(18(2)17-11)7-10(19)8-14(9-16)5-4-6-14/h3-9,16H2,1-2H3. The summed E-state index contributed by atoms with van der Waals surface area (Å²) in [7, 11) is 1.90. The number of Topliss-reactive ketones (excluding diaryl/α,β-unsaturated/α-hetero) is 1. The molecule has 1 saturated carbocycles. The maximum atomic E-state index is 12.3. The van der Waals surface area contributed by atoms with Crippen LogP contribution in [0.3, 0.4) is 0 Å². The lowest BCUT2D eigenvalue weighted by Crippen LogP contribution is -2.39. The van der Waals surface area contributed by atoms with Gasteiger partial charge in [-0.25, -0.2) is 0 Å². The van der Waals surface area contributed by atoms with Crippen molar-refractivity contribution in [3.05, 3.63) is 15.9 Å². The number of nitrogens with two attached hydrogens (primary N) is 1. The van der Waals surface area contributed by atoms with Crippen LogP contribution >= 0.6 is 15.9 Å². The van der Waals surface area contributed by atoms with Crippen molar-refractivity contribution in [3.63, 3.8) is 0 Å². The summed E-state index contributed by atoms with van der Waals surface area (Å²) < 4.78 is 2.80. The van der Waals surface area contributed by atoms with Crippen molar-refractivity contribution >= 4 is 21.7 Å². The zero-order chi connectivity index (χ0) is 14.0. The van der Waals surface area contributed by atoms with E-state index in [0.29, 0.717) is 19.4 Å². The van der Waals surface area contributed by atoms with Gasteiger partial charge in [0.15, 0.2) is 0 Å². The molecule has 0 spiro atoms. The van der Waals surface area contributed by atoms with Crippen molar-refractivity contribution in [1.29, 1.82) is 0 Å². The molecule has 2 N–H and O–H groups in total. The zero-order valence-corrected chi connectivity index (χ0v) is 13.3. The van der Waals surface area contributed by atoms with Crippen LogP contribution in [-0.2, 0) is 24.7 Å². The Bertz CT molecular complexity index is 472. The molecule has 0 unspecified atom stereocenters. The summed E-state index contributed by atoms with van der Waals surface area (Å²) in [4.78, 5) is 12.3. The summed E-state index contributed by atoms with van der Waals surface area (Å²) in [5.74, 6) is 0.275. The lowest BCUT2D eigenvalue weighted by Gasteiger charge is -2.40. The van der Waals surface area contributed by atoms with E-state index < -0.39 is 0 Å². The second-order valence-corrected chi connectivity index (χ2v) is 6.43. The third kappa shape index (κ3) is 2.92. The lowest BCUT2D eigenvalue weighted by atomic mass is 9.66. The topological polar surface area (TPSA) is 60.9 Å². The predicted molar refractivity (Wildman–Crippen MR) is 79.0 cm³/mol. The smallest absolute Gasteiger partial charge is 0.139 e. The van der Waals surface area contributed by atoms with Crippen LogP contribution in [0, 0.1) is 5.41 Å². The molecule has 0 aromatic carbocycles. The van der Waals surface area contributed by atoms with Crippen LogP contribution in [0.4, 0.5) is 0 Å². The van der Waals surface area contributed by atoms with Crippen LogP contribution in [0.5, 0.6) is 0 Å². The molecule has 1 aromatic heterocycles. The van der Waals surface area contributed by atoms with Crippen molar-refractivity contribution in [2.75, 3.05) is 6.54 Å². The van der Waals surface area contributed by atoms with E-state index in [1.807, 2.05) is 11.7 Å². The summed E-state index contributed by atoms with van der Waals surface area (Å²) >= 11 is 3.56. The number of hydrogen-bond donors (Lipinski definition) is 1. The summed E-state index contributed by atoms with van der Waals surface area (Å²) in [6, 6.07) is 0. The van der Waals surface area contributed by atoms with Crippen LogP contribution in [0.15, 0.2) is 4.47 Å². The first-order chi connectivity index (χ1) is 9.01. The van der Waals surface area contributed by atoms with Gasteiger partial charge in [0.2, 0.25) is 0 Å². The molecule has 1 fully saturated rings. The largest absolute Gasteiger partial charge is 0.330 e. The number of nitrogens with zero attached hydrogens (tertiary/aromatic N) is 2. The normalized spacial score (nSPS) is 17.3. The second-order valence-electron chi connectivity index (χ2n) is 5.63. The molecule has 0 saturated heterocycles. The molecular weight excluding hydrogens is 306 g/mol. The highest BCUT2D eigenvalue weighted by atomic mass is 79.9. The highest BCUT2D eigenvalue weighted by Gasteiger charge is 2.37. The minimum atomic E-state index is 0.0930. The van der Waals surface area contributed by atoms with E-state index in [9.17, 15) is 4.79 Å². The molecule has 5 heteroatoms. The van der Waals surface area contributed by atoms with Gasteiger partial charge in [0, 0.05) is 19.9 Å². The highest BCUT2D eigenvalue weighted by molar-refractivity contribution is 9.10. The first-order valence-corrected chi connectivity index (χ1v) is 7.72. The van der Waals surface area contributed by atoms with E-state index >= 15 is 0 Å². The van der Waals surface area contributed by atoms with Gasteiger partial charge in [0.25, 0.3) is 0 Å². The fourth-order valence-electron chi connectivity index (χ4n) is 2.81. The summed E-state index contributed by atoms with van der Waals surface area (Å²) in [6.07, 6.45) is 5.34. The van der Waals surface area contributed by atoms with E-state index in [2.05, 4.69) is 28.0 Å². The maximum absolute atomic E-state index is 12.3. The third-order valence-corrected chi connectivity index (χ3v) is 5.20. The molecule has 4 nitrogen and oxygen atoms in total. The number of carbonyl (C=O) groups excluding carboxylic acids is 1. The summed E-state index contributed by atoms with van der Waals surface area (Å²) in [5, 5.41) is 4.43. The van der Waals surface area contributed by atoms with E-state index in [-0.39, 0.29) is 11.2 Å². The molecule has 1 heterocycles. The van der Waals surface area contributed by atoms with Gasteiger partial charge in [0.1, 0.15) is 5.78 Å². The molecular formula is C14H22BrN3O. The average Bonchev–Trinajstić information content (AvgIpc) is 2.61. The average molecular weight is 328 g/mol. The van der Waals surface area contributed by atoms with E-state index in [0.717, 1.165) is 35.1 Å². The Labute approximate surface area is 122 Å². The number of halogens is 1. The Kier molecular flexibility index (Phi) is 4.46. The van der Waals surface area contributed by atoms with Gasteiger partial charge >= 0.3 is 0 Å². The van der Waals surface area contributed by atoms with Crippen molar-refractivity contribution in [3.8, 4) is 0 Å². The SMILES string of the molecule is CCc1nn(C)c(CC(=O)CC2(CN)CCC2)c1Br. The summed E-state index contributed by atoms with van der Waals surface area (Å²) in [6.45, 7) is 2.70. The van der Waals surface area contributed by atoms with Gasteiger partial charge in [-0.15, -0.1) is 0 Å². The predicted octanol–water partition coefficient (Wildman–Crippen LogP) is 2.38. The van der Waals surface area contributed by atoms with Crippen molar-refractivity contribution in [1.82, 2.24) is 9.78 Å². The Morgan fingerprint density at radius 3 is 2.63 bits per heavy atom.